The zero-order valence-electron chi connectivity index (χ0n) is 13.0. The standard InChI is InChI=1S/C15H20N4O2S2/c1-12-17-13(11-22-12)10-18-6-8-19(9-7-18)14-2-4-15(5-3-14)23(16,20)21/h2-5,11H,6-10H2,1H3,(H2,16,20,21). The summed E-state index contributed by atoms with van der Waals surface area (Å²) in [5.74, 6) is 0. The van der Waals surface area contributed by atoms with Crippen LogP contribution < -0.4 is 10.0 Å². The van der Waals surface area contributed by atoms with Crippen molar-refractivity contribution >= 4 is 27.0 Å². The molecule has 23 heavy (non-hydrogen) atoms. The number of aromatic nitrogens is 1. The second-order valence-electron chi connectivity index (χ2n) is 5.66. The Balaban J connectivity index is 1.58. The number of hydrogen-bond acceptors (Lipinski definition) is 6. The molecule has 2 heterocycles. The molecule has 1 aliphatic heterocycles. The van der Waals surface area contributed by atoms with Gasteiger partial charge in [0.1, 0.15) is 0 Å². The van der Waals surface area contributed by atoms with E-state index in [-0.39, 0.29) is 4.90 Å². The van der Waals surface area contributed by atoms with Crippen molar-refractivity contribution in [3.05, 3.63) is 40.3 Å². The molecule has 0 spiro atoms. The molecule has 0 atom stereocenters. The molecule has 1 aliphatic rings. The van der Waals surface area contributed by atoms with E-state index < -0.39 is 10.0 Å². The average Bonchev–Trinajstić information content (AvgIpc) is 2.92. The number of rotatable bonds is 4. The van der Waals surface area contributed by atoms with Gasteiger partial charge >= 0.3 is 0 Å². The van der Waals surface area contributed by atoms with E-state index in [1.165, 1.54) is 0 Å². The molecule has 6 nitrogen and oxygen atoms in total. The third kappa shape index (κ3) is 4.08. The Morgan fingerprint density at radius 2 is 1.83 bits per heavy atom. The number of aryl methyl sites for hydroxylation is 1. The number of piperazine rings is 1. The molecule has 0 saturated carbocycles. The van der Waals surface area contributed by atoms with Crippen molar-refractivity contribution in [1.29, 1.82) is 0 Å². The molecule has 1 aromatic carbocycles. The lowest BCUT2D eigenvalue weighted by molar-refractivity contribution is 0.247. The fourth-order valence-electron chi connectivity index (χ4n) is 2.72. The number of primary sulfonamides is 1. The van der Waals surface area contributed by atoms with Crippen molar-refractivity contribution in [2.45, 2.75) is 18.4 Å². The van der Waals surface area contributed by atoms with Crippen LogP contribution in [-0.2, 0) is 16.6 Å². The van der Waals surface area contributed by atoms with Crippen molar-refractivity contribution in [1.82, 2.24) is 9.88 Å². The van der Waals surface area contributed by atoms with Gasteiger partial charge in [0.15, 0.2) is 0 Å². The summed E-state index contributed by atoms with van der Waals surface area (Å²) in [5.41, 5.74) is 2.17. The number of anilines is 1. The number of nitrogens with two attached hydrogens (primary N) is 1. The molecule has 0 radical (unpaired) electrons. The molecule has 1 saturated heterocycles. The van der Waals surface area contributed by atoms with Gasteiger partial charge in [-0.15, -0.1) is 11.3 Å². The normalized spacial score (nSPS) is 16.7. The summed E-state index contributed by atoms with van der Waals surface area (Å²) >= 11 is 1.69. The monoisotopic (exact) mass is 352 g/mol. The van der Waals surface area contributed by atoms with Gasteiger partial charge in [-0.2, -0.15) is 0 Å². The summed E-state index contributed by atoms with van der Waals surface area (Å²) in [5, 5.41) is 8.35. The van der Waals surface area contributed by atoms with E-state index in [4.69, 9.17) is 5.14 Å². The Kier molecular flexibility index (Phi) is 4.67. The Labute approximate surface area is 140 Å². The van der Waals surface area contributed by atoms with E-state index in [2.05, 4.69) is 20.2 Å². The maximum absolute atomic E-state index is 11.3. The Hall–Kier alpha value is -1.48. The Morgan fingerprint density at radius 1 is 1.17 bits per heavy atom. The first-order chi connectivity index (χ1) is 10.9. The smallest absolute Gasteiger partial charge is 0.238 e. The van der Waals surface area contributed by atoms with Crippen LogP contribution in [-0.4, -0.2) is 44.5 Å². The quantitative estimate of drug-likeness (QED) is 0.900. The topological polar surface area (TPSA) is 79.5 Å². The van der Waals surface area contributed by atoms with Crippen LogP contribution in [0.3, 0.4) is 0 Å². The molecule has 124 valence electrons. The highest BCUT2D eigenvalue weighted by Gasteiger charge is 2.18. The van der Waals surface area contributed by atoms with Crippen LogP contribution >= 0.6 is 11.3 Å². The summed E-state index contributed by atoms with van der Waals surface area (Å²) < 4.78 is 22.6. The molecule has 0 unspecified atom stereocenters. The van der Waals surface area contributed by atoms with Crippen LogP contribution in [0.1, 0.15) is 10.7 Å². The molecule has 2 N–H and O–H groups in total. The predicted molar refractivity (Wildman–Crippen MR) is 92.2 cm³/mol. The van der Waals surface area contributed by atoms with Gasteiger partial charge in [-0.25, -0.2) is 18.5 Å². The third-order valence-corrected chi connectivity index (χ3v) is 5.71. The highest BCUT2D eigenvalue weighted by atomic mass is 32.2. The summed E-state index contributed by atoms with van der Waals surface area (Å²) in [6.07, 6.45) is 0. The molecule has 0 aliphatic carbocycles. The van der Waals surface area contributed by atoms with Gasteiger partial charge in [-0.3, -0.25) is 4.90 Å². The number of hydrogen-bond donors (Lipinski definition) is 1. The van der Waals surface area contributed by atoms with Crippen molar-refractivity contribution in [2.75, 3.05) is 31.1 Å². The third-order valence-electron chi connectivity index (χ3n) is 3.95. The minimum atomic E-state index is -3.62. The SMILES string of the molecule is Cc1nc(CN2CCN(c3ccc(S(N)(=O)=O)cc3)CC2)cs1. The van der Waals surface area contributed by atoms with Crippen LogP contribution in [0.15, 0.2) is 34.5 Å². The fourth-order valence-corrected chi connectivity index (χ4v) is 3.84. The summed E-state index contributed by atoms with van der Waals surface area (Å²) in [6, 6.07) is 6.77. The summed E-state index contributed by atoms with van der Waals surface area (Å²) in [6.45, 7) is 6.68. The lowest BCUT2D eigenvalue weighted by atomic mass is 10.2. The molecular formula is C15H20N4O2S2. The van der Waals surface area contributed by atoms with Crippen LogP contribution in [0.4, 0.5) is 5.69 Å². The number of sulfonamides is 1. The molecular weight excluding hydrogens is 332 g/mol. The highest BCUT2D eigenvalue weighted by molar-refractivity contribution is 7.89. The first-order valence-electron chi connectivity index (χ1n) is 7.43. The largest absolute Gasteiger partial charge is 0.369 e. The molecule has 0 amide bonds. The van der Waals surface area contributed by atoms with Gasteiger partial charge in [0.2, 0.25) is 10.0 Å². The van der Waals surface area contributed by atoms with Crippen LogP contribution in [0, 0.1) is 6.92 Å². The minimum Gasteiger partial charge on any atom is -0.369 e. The van der Waals surface area contributed by atoms with E-state index >= 15 is 0 Å². The van der Waals surface area contributed by atoms with Crippen LogP contribution in [0.25, 0.3) is 0 Å². The van der Waals surface area contributed by atoms with Crippen LogP contribution in [0.5, 0.6) is 0 Å². The maximum Gasteiger partial charge on any atom is 0.238 e. The van der Waals surface area contributed by atoms with Crippen molar-refractivity contribution in [3.63, 3.8) is 0 Å². The first kappa shape index (κ1) is 16.4. The van der Waals surface area contributed by atoms with Gasteiger partial charge in [0.25, 0.3) is 0 Å². The van der Waals surface area contributed by atoms with E-state index in [9.17, 15) is 8.42 Å². The molecule has 0 bridgehead atoms. The van der Waals surface area contributed by atoms with E-state index in [0.717, 1.165) is 49.1 Å². The van der Waals surface area contributed by atoms with Crippen molar-refractivity contribution < 1.29 is 8.42 Å². The second-order valence-corrected chi connectivity index (χ2v) is 8.28. The zero-order valence-corrected chi connectivity index (χ0v) is 14.6. The Bertz CT molecular complexity index is 763. The van der Waals surface area contributed by atoms with Crippen LogP contribution in [0.2, 0.25) is 0 Å². The van der Waals surface area contributed by atoms with Gasteiger partial charge < -0.3 is 4.90 Å². The lowest BCUT2D eigenvalue weighted by Crippen LogP contribution is -2.46. The first-order valence-corrected chi connectivity index (χ1v) is 9.85. The van der Waals surface area contributed by atoms with Gasteiger partial charge in [0, 0.05) is 43.8 Å². The van der Waals surface area contributed by atoms with E-state index in [1.54, 1.807) is 23.5 Å². The van der Waals surface area contributed by atoms with Crippen molar-refractivity contribution in [3.8, 4) is 0 Å². The molecule has 3 rings (SSSR count). The maximum atomic E-state index is 11.3. The molecule has 8 heteroatoms. The molecule has 1 aromatic heterocycles. The minimum absolute atomic E-state index is 0.152. The summed E-state index contributed by atoms with van der Waals surface area (Å²) in [7, 11) is -3.62. The zero-order chi connectivity index (χ0) is 16.4. The fraction of sp³-hybridized carbons (Fsp3) is 0.400. The number of thiazole rings is 1. The van der Waals surface area contributed by atoms with E-state index in [1.807, 2.05) is 19.1 Å². The highest BCUT2D eigenvalue weighted by Crippen LogP contribution is 2.20. The van der Waals surface area contributed by atoms with Gasteiger partial charge in [0.05, 0.1) is 15.6 Å². The summed E-state index contributed by atoms with van der Waals surface area (Å²) in [4.78, 5) is 9.31. The number of nitrogens with zero attached hydrogens (tertiary/aromatic N) is 3. The lowest BCUT2D eigenvalue weighted by Gasteiger charge is -2.35. The van der Waals surface area contributed by atoms with E-state index in [0.29, 0.717) is 0 Å². The number of benzene rings is 1. The average molecular weight is 352 g/mol. The predicted octanol–water partition coefficient (Wildman–Crippen LogP) is 1.42. The second kappa shape index (κ2) is 6.56. The van der Waals surface area contributed by atoms with Gasteiger partial charge in [-0.05, 0) is 31.2 Å². The Morgan fingerprint density at radius 3 is 2.35 bits per heavy atom. The molecule has 2 aromatic rings. The molecule has 1 fully saturated rings. The van der Waals surface area contributed by atoms with Crippen molar-refractivity contribution in [2.24, 2.45) is 5.14 Å². The van der Waals surface area contributed by atoms with Gasteiger partial charge in [-0.1, -0.05) is 0 Å².